The molecule has 2 aliphatic heterocycles. The number of carbonyl (C=O) groups is 1. The van der Waals surface area contributed by atoms with Gasteiger partial charge in [0.1, 0.15) is 5.58 Å². The lowest BCUT2D eigenvalue weighted by atomic mass is 9.97. The predicted octanol–water partition coefficient (Wildman–Crippen LogP) is 5.21. The first kappa shape index (κ1) is 23.7. The minimum Gasteiger partial charge on any atom is -0.493 e. The molecular weight excluding hydrogens is 470 g/mol. The maximum Gasteiger partial charge on any atom is 0.291 e. The number of benzene rings is 2. The fourth-order valence-corrected chi connectivity index (χ4v) is 4.94. The van der Waals surface area contributed by atoms with Crippen molar-refractivity contribution in [3.8, 4) is 11.5 Å². The van der Waals surface area contributed by atoms with Crippen molar-refractivity contribution in [1.29, 1.82) is 0 Å². The molecule has 3 heterocycles. The van der Waals surface area contributed by atoms with E-state index in [-0.39, 0.29) is 23.2 Å². The van der Waals surface area contributed by atoms with Crippen LogP contribution in [0, 0.1) is 5.92 Å². The third-order valence-electron chi connectivity index (χ3n) is 6.43. The van der Waals surface area contributed by atoms with Crippen molar-refractivity contribution in [3.63, 3.8) is 0 Å². The summed E-state index contributed by atoms with van der Waals surface area (Å²) in [6.07, 6.45) is 1.71. The van der Waals surface area contributed by atoms with Gasteiger partial charge in [0.05, 0.1) is 36.8 Å². The van der Waals surface area contributed by atoms with Crippen LogP contribution >= 0.6 is 11.6 Å². The molecule has 0 bridgehead atoms. The molecule has 0 aliphatic carbocycles. The zero-order valence-electron chi connectivity index (χ0n) is 20.0. The van der Waals surface area contributed by atoms with Crippen LogP contribution in [0.1, 0.15) is 54.4 Å². The molecule has 2 aromatic carbocycles. The second-order valence-electron chi connectivity index (χ2n) is 9.42. The number of fused-ring (bicyclic) bond motifs is 2. The van der Waals surface area contributed by atoms with Gasteiger partial charge < -0.3 is 23.5 Å². The second kappa shape index (κ2) is 9.55. The van der Waals surface area contributed by atoms with E-state index in [1.165, 1.54) is 0 Å². The van der Waals surface area contributed by atoms with Gasteiger partial charge in [-0.15, -0.1) is 0 Å². The average molecular weight is 498 g/mol. The molecule has 184 valence electrons. The molecule has 1 saturated heterocycles. The van der Waals surface area contributed by atoms with Crippen LogP contribution in [0.25, 0.3) is 11.0 Å². The van der Waals surface area contributed by atoms with Gasteiger partial charge in [0.15, 0.2) is 16.9 Å². The molecule has 0 N–H and O–H groups in total. The number of hydrogen-bond donors (Lipinski definition) is 0. The van der Waals surface area contributed by atoms with Crippen LogP contribution in [0.3, 0.4) is 0 Å². The fraction of sp³-hybridized carbons (Fsp3) is 0.407. The predicted molar refractivity (Wildman–Crippen MR) is 133 cm³/mol. The van der Waals surface area contributed by atoms with E-state index in [1.54, 1.807) is 30.2 Å². The summed E-state index contributed by atoms with van der Waals surface area (Å²) in [7, 11) is 1.57. The molecule has 2 unspecified atom stereocenters. The summed E-state index contributed by atoms with van der Waals surface area (Å²) in [5, 5.41) is 0.770. The van der Waals surface area contributed by atoms with Crippen LogP contribution in [0.15, 0.2) is 45.6 Å². The molecule has 35 heavy (non-hydrogen) atoms. The highest BCUT2D eigenvalue weighted by Gasteiger charge is 2.44. The van der Waals surface area contributed by atoms with E-state index in [0.717, 1.165) is 18.4 Å². The van der Waals surface area contributed by atoms with Gasteiger partial charge in [-0.3, -0.25) is 9.59 Å². The van der Waals surface area contributed by atoms with Gasteiger partial charge >= 0.3 is 0 Å². The molecule has 3 aromatic rings. The molecule has 1 fully saturated rings. The number of amides is 1. The molecule has 0 saturated carbocycles. The first-order valence-corrected chi connectivity index (χ1v) is 12.2. The Morgan fingerprint density at radius 2 is 1.97 bits per heavy atom. The van der Waals surface area contributed by atoms with Crippen LogP contribution in [-0.4, -0.2) is 43.8 Å². The van der Waals surface area contributed by atoms with Crippen molar-refractivity contribution in [2.75, 3.05) is 26.9 Å². The quantitative estimate of drug-likeness (QED) is 0.445. The van der Waals surface area contributed by atoms with Crippen molar-refractivity contribution in [2.45, 2.75) is 38.8 Å². The Balaban J connectivity index is 1.64. The number of nitrogens with zero attached hydrogens (tertiary/aromatic N) is 1. The Labute approximate surface area is 208 Å². The van der Waals surface area contributed by atoms with Crippen LogP contribution in [0.4, 0.5) is 0 Å². The van der Waals surface area contributed by atoms with Crippen LogP contribution < -0.4 is 14.9 Å². The Morgan fingerprint density at radius 1 is 1.14 bits per heavy atom. The standard InChI is InChI=1S/C27H28ClNO6/c1-15(2)14-34-21-8-6-16(11-22(21)32-3)24-23-25(30)19-12-17(28)7-9-20(19)35-26(23)27(31)29(24)13-18-5-4-10-33-18/h6-9,11-12,15,18,24H,4-5,10,13-14H2,1-3H3. The Kier molecular flexibility index (Phi) is 6.47. The third kappa shape index (κ3) is 4.39. The molecule has 7 nitrogen and oxygen atoms in total. The van der Waals surface area contributed by atoms with Crippen molar-refractivity contribution in [1.82, 2.24) is 4.90 Å². The summed E-state index contributed by atoms with van der Waals surface area (Å²) in [4.78, 5) is 29.0. The van der Waals surface area contributed by atoms with Crippen molar-refractivity contribution < 1.29 is 23.4 Å². The van der Waals surface area contributed by atoms with Crippen molar-refractivity contribution >= 4 is 28.5 Å². The van der Waals surface area contributed by atoms with Gasteiger partial charge in [0.25, 0.3) is 5.91 Å². The lowest BCUT2D eigenvalue weighted by molar-refractivity contribution is 0.0486. The van der Waals surface area contributed by atoms with Gasteiger partial charge in [-0.1, -0.05) is 31.5 Å². The molecule has 1 amide bonds. The highest BCUT2D eigenvalue weighted by molar-refractivity contribution is 6.31. The number of methoxy groups -OCH3 is 1. The second-order valence-corrected chi connectivity index (χ2v) is 9.86. The van der Waals surface area contributed by atoms with Gasteiger partial charge in [-0.2, -0.15) is 0 Å². The summed E-state index contributed by atoms with van der Waals surface area (Å²) in [6, 6.07) is 9.71. The number of hydrogen-bond acceptors (Lipinski definition) is 6. The molecule has 0 spiro atoms. The third-order valence-corrected chi connectivity index (χ3v) is 6.66. The highest BCUT2D eigenvalue weighted by atomic mass is 35.5. The summed E-state index contributed by atoms with van der Waals surface area (Å²) < 4.78 is 23.3. The zero-order valence-corrected chi connectivity index (χ0v) is 20.8. The van der Waals surface area contributed by atoms with Crippen molar-refractivity contribution in [3.05, 3.63) is 68.5 Å². The minimum atomic E-state index is -0.644. The Bertz CT molecular complexity index is 1330. The monoisotopic (exact) mass is 497 g/mol. The smallest absolute Gasteiger partial charge is 0.291 e. The van der Waals surface area contributed by atoms with E-state index in [0.29, 0.717) is 58.7 Å². The average Bonchev–Trinajstić information content (AvgIpc) is 3.45. The normalized spacial score (nSPS) is 19.6. The van der Waals surface area contributed by atoms with E-state index in [1.807, 2.05) is 18.2 Å². The number of halogens is 1. The summed E-state index contributed by atoms with van der Waals surface area (Å²) >= 11 is 6.17. The number of rotatable bonds is 7. The van der Waals surface area contributed by atoms with E-state index in [2.05, 4.69) is 13.8 Å². The minimum absolute atomic E-state index is 0.0620. The van der Waals surface area contributed by atoms with Crippen molar-refractivity contribution in [2.24, 2.45) is 5.92 Å². The molecule has 0 radical (unpaired) electrons. The van der Waals surface area contributed by atoms with Crippen LogP contribution in [0.5, 0.6) is 11.5 Å². The molecule has 2 atom stereocenters. The number of carbonyl (C=O) groups excluding carboxylic acids is 1. The van der Waals surface area contributed by atoms with Gasteiger partial charge in [0, 0.05) is 18.2 Å². The topological polar surface area (TPSA) is 78.2 Å². The first-order chi connectivity index (χ1) is 16.9. The van der Waals surface area contributed by atoms with E-state index in [4.69, 9.17) is 30.2 Å². The molecule has 2 aliphatic rings. The van der Waals surface area contributed by atoms with E-state index >= 15 is 0 Å². The van der Waals surface area contributed by atoms with Crippen LogP contribution in [0.2, 0.25) is 5.02 Å². The summed E-state index contributed by atoms with van der Waals surface area (Å²) in [6.45, 7) is 5.71. The van der Waals surface area contributed by atoms with E-state index < -0.39 is 6.04 Å². The lowest BCUT2D eigenvalue weighted by Crippen LogP contribution is -2.36. The number of ether oxygens (including phenoxy) is 3. The molecule has 1 aromatic heterocycles. The maximum atomic E-state index is 13.7. The van der Waals surface area contributed by atoms with E-state index in [9.17, 15) is 9.59 Å². The Hall–Kier alpha value is -3.03. The van der Waals surface area contributed by atoms with Crippen LogP contribution in [-0.2, 0) is 4.74 Å². The molecule has 5 rings (SSSR count). The van der Waals surface area contributed by atoms with Gasteiger partial charge in [-0.25, -0.2) is 0 Å². The first-order valence-electron chi connectivity index (χ1n) is 11.9. The summed E-state index contributed by atoms with van der Waals surface area (Å²) in [5.41, 5.74) is 1.11. The van der Waals surface area contributed by atoms with Gasteiger partial charge in [0.2, 0.25) is 5.76 Å². The Morgan fingerprint density at radius 3 is 2.69 bits per heavy atom. The maximum absolute atomic E-state index is 13.7. The zero-order chi connectivity index (χ0) is 24.7. The fourth-order valence-electron chi connectivity index (χ4n) is 4.77. The molecular formula is C27H28ClNO6. The summed E-state index contributed by atoms with van der Waals surface area (Å²) in [5.74, 6) is 1.23. The SMILES string of the molecule is COc1cc(C2c3c(oc4ccc(Cl)cc4c3=O)C(=O)N2CC2CCCO2)ccc1OCC(C)C. The van der Waals surface area contributed by atoms with Gasteiger partial charge in [-0.05, 0) is 54.7 Å². The lowest BCUT2D eigenvalue weighted by Gasteiger charge is -2.28. The highest BCUT2D eigenvalue weighted by Crippen LogP contribution is 2.41. The largest absolute Gasteiger partial charge is 0.493 e. The molecule has 8 heteroatoms.